The number of benzene rings is 2. The van der Waals surface area contributed by atoms with E-state index in [0.717, 1.165) is 11.4 Å². The Morgan fingerprint density at radius 3 is 2.61 bits per heavy atom. The van der Waals surface area contributed by atoms with Gasteiger partial charge in [-0.3, -0.25) is 14.5 Å². The van der Waals surface area contributed by atoms with E-state index >= 15 is 0 Å². The van der Waals surface area contributed by atoms with Crippen LogP contribution in [0.1, 0.15) is 35.5 Å². The Bertz CT molecular complexity index is 1170. The second-order valence-electron chi connectivity index (χ2n) is 8.03. The van der Waals surface area contributed by atoms with E-state index in [1.54, 1.807) is 41.5 Å². The van der Waals surface area contributed by atoms with Gasteiger partial charge in [0.2, 0.25) is 0 Å². The Balaban J connectivity index is 1.74. The van der Waals surface area contributed by atoms with Crippen LogP contribution in [-0.4, -0.2) is 11.7 Å². The van der Waals surface area contributed by atoms with Crippen LogP contribution < -0.4 is 10.2 Å². The Hall–Kier alpha value is -3.31. The summed E-state index contributed by atoms with van der Waals surface area (Å²) < 4.78 is 5.78. The fourth-order valence-corrected chi connectivity index (χ4v) is 4.64. The fraction of sp³-hybridized carbons (Fsp3) is 0.200. The molecular formula is C25H21ClN2O3. The van der Waals surface area contributed by atoms with E-state index in [1.807, 2.05) is 37.3 Å². The molecule has 0 saturated heterocycles. The summed E-state index contributed by atoms with van der Waals surface area (Å²) in [5.41, 5.74) is 2.76. The van der Waals surface area contributed by atoms with Crippen LogP contribution in [0.5, 0.6) is 0 Å². The van der Waals surface area contributed by atoms with Gasteiger partial charge in [0.1, 0.15) is 17.6 Å². The lowest BCUT2D eigenvalue weighted by atomic mass is 9.79. The quantitative estimate of drug-likeness (QED) is 0.551. The van der Waals surface area contributed by atoms with Crippen molar-refractivity contribution in [3.8, 4) is 0 Å². The number of amides is 1. The Morgan fingerprint density at radius 1 is 1.10 bits per heavy atom. The zero-order valence-corrected chi connectivity index (χ0v) is 17.7. The molecule has 1 aromatic heterocycles. The summed E-state index contributed by atoms with van der Waals surface area (Å²) in [7, 11) is 0. The van der Waals surface area contributed by atoms with Gasteiger partial charge in [-0.2, -0.15) is 0 Å². The fourth-order valence-electron chi connectivity index (χ4n) is 4.51. The molecule has 6 heteroatoms. The number of hydrogen-bond donors (Lipinski definition) is 1. The number of fused-ring (bicyclic) bond motifs is 2. The van der Waals surface area contributed by atoms with Gasteiger partial charge in [-0.05, 0) is 54.4 Å². The summed E-state index contributed by atoms with van der Waals surface area (Å²) in [5, 5.41) is 4.00. The minimum atomic E-state index is -0.611. The summed E-state index contributed by atoms with van der Waals surface area (Å²) in [4.78, 5) is 28.9. The third-order valence-corrected chi connectivity index (χ3v) is 6.10. The van der Waals surface area contributed by atoms with Crippen LogP contribution in [0.3, 0.4) is 0 Å². The normalized spacial score (nSPS) is 22.6. The number of halogens is 1. The van der Waals surface area contributed by atoms with Crippen molar-refractivity contribution in [2.45, 2.75) is 19.4 Å². The molecule has 156 valence electrons. The second-order valence-corrected chi connectivity index (χ2v) is 8.47. The third kappa shape index (κ3) is 3.45. The largest absolute Gasteiger partial charge is 0.467 e. The van der Waals surface area contributed by atoms with Crippen LogP contribution in [-0.2, 0) is 4.79 Å². The molecule has 1 aliphatic carbocycles. The highest BCUT2D eigenvalue weighted by molar-refractivity contribution is 6.30. The maximum absolute atomic E-state index is 13.9. The number of Topliss-reactive ketones (excluding diaryl/α,β-unsaturated/α-hetero) is 1. The molecule has 0 radical (unpaired) electrons. The summed E-state index contributed by atoms with van der Waals surface area (Å²) in [6.07, 6.45) is 4.09. The molecule has 31 heavy (non-hydrogen) atoms. The predicted octanol–water partition coefficient (Wildman–Crippen LogP) is 5.86. The topological polar surface area (TPSA) is 62.6 Å². The molecule has 0 fully saturated rings. The first-order chi connectivity index (χ1) is 15.0. The first-order valence-corrected chi connectivity index (χ1v) is 10.6. The molecule has 0 spiro atoms. The summed E-state index contributed by atoms with van der Waals surface area (Å²) in [6, 6.07) is 17.4. The van der Waals surface area contributed by atoms with Gasteiger partial charge < -0.3 is 9.73 Å². The average Bonchev–Trinajstić information content (AvgIpc) is 3.23. The van der Waals surface area contributed by atoms with E-state index in [1.165, 1.54) is 0 Å². The molecular weight excluding hydrogens is 412 g/mol. The Morgan fingerprint density at radius 2 is 1.87 bits per heavy atom. The van der Waals surface area contributed by atoms with E-state index in [2.05, 4.69) is 11.4 Å². The Labute approximate surface area is 185 Å². The average molecular weight is 433 g/mol. The number of furan rings is 1. The number of nitrogens with zero attached hydrogens (tertiary/aromatic N) is 1. The number of rotatable bonds is 2. The molecule has 1 aliphatic heterocycles. The SMILES string of the molecule is C[C@H]1C=C2Nc3ccccc3N(C(=O)c3ccc(Cl)cc3)[C@H](c3ccco3)[C@H]2C(=O)C1. The molecule has 3 aromatic rings. The van der Waals surface area contributed by atoms with Crippen LogP contribution in [0.25, 0.3) is 0 Å². The van der Waals surface area contributed by atoms with E-state index in [0.29, 0.717) is 28.5 Å². The molecule has 0 saturated carbocycles. The van der Waals surface area contributed by atoms with E-state index in [4.69, 9.17) is 16.0 Å². The molecule has 2 aromatic carbocycles. The van der Waals surface area contributed by atoms with Gasteiger partial charge in [0, 0.05) is 22.7 Å². The smallest absolute Gasteiger partial charge is 0.259 e. The third-order valence-electron chi connectivity index (χ3n) is 5.85. The van der Waals surface area contributed by atoms with Crippen molar-refractivity contribution >= 4 is 34.7 Å². The number of ketones is 1. The maximum Gasteiger partial charge on any atom is 0.259 e. The van der Waals surface area contributed by atoms with E-state index in [9.17, 15) is 9.59 Å². The monoisotopic (exact) mass is 432 g/mol. The highest BCUT2D eigenvalue weighted by Gasteiger charge is 2.45. The van der Waals surface area contributed by atoms with Crippen LogP contribution in [0.4, 0.5) is 11.4 Å². The molecule has 5 nitrogen and oxygen atoms in total. The number of para-hydroxylation sites is 2. The van der Waals surface area contributed by atoms with Gasteiger partial charge in [0.15, 0.2) is 0 Å². The number of carbonyl (C=O) groups is 2. The molecule has 3 atom stereocenters. The number of hydrogen-bond acceptors (Lipinski definition) is 4. The lowest BCUT2D eigenvalue weighted by Gasteiger charge is -2.35. The van der Waals surface area contributed by atoms with Crippen LogP contribution in [0.15, 0.2) is 83.1 Å². The summed E-state index contributed by atoms with van der Waals surface area (Å²) in [6.45, 7) is 2.03. The second kappa shape index (κ2) is 7.75. The molecule has 1 amide bonds. The van der Waals surface area contributed by atoms with Crippen molar-refractivity contribution in [2.75, 3.05) is 10.2 Å². The minimum absolute atomic E-state index is 0.0839. The number of allylic oxidation sites excluding steroid dienone is 1. The van der Waals surface area contributed by atoms with Crippen molar-refractivity contribution in [3.63, 3.8) is 0 Å². The van der Waals surface area contributed by atoms with Crippen LogP contribution in [0, 0.1) is 11.8 Å². The number of nitrogens with one attached hydrogen (secondary N) is 1. The molecule has 2 heterocycles. The lowest BCUT2D eigenvalue weighted by molar-refractivity contribution is -0.123. The first kappa shape index (κ1) is 19.6. The molecule has 0 unspecified atom stereocenters. The van der Waals surface area contributed by atoms with Gasteiger partial charge in [0.25, 0.3) is 5.91 Å². The van der Waals surface area contributed by atoms with Crippen molar-refractivity contribution in [2.24, 2.45) is 11.8 Å². The molecule has 5 rings (SSSR count). The van der Waals surface area contributed by atoms with E-state index < -0.39 is 12.0 Å². The zero-order valence-electron chi connectivity index (χ0n) is 16.9. The van der Waals surface area contributed by atoms with Gasteiger partial charge >= 0.3 is 0 Å². The highest BCUT2D eigenvalue weighted by atomic mass is 35.5. The number of anilines is 2. The highest BCUT2D eigenvalue weighted by Crippen LogP contribution is 2.47. The molecule has 2 aliphatic rings. The van der Waals surface area contributed by atoms with Crippen LogP contribution in [0.2, 0.25) is 5.02 Å². The van der Waals surface area contributed by atoms with Gasteiger partial charge in [-0.15, -0.1) is 0 Å². The standard InChI is InChI=1S/C25H21ClN2O3/c1-15-13-19-23(21(29)14-15)24(22-7-4-12-31-22)28(20-6-3-2-5-18(20)27-19)25(30)16-8-10-17(26)11-9-16/h2-13,15,23-24,27H,14H2,1H3/t15-,23+,24+/m0/s1. The predicted molar refractivity (Wildman–Crippen MR) is 120 cm³/mol. The molecule has 1 N–H and O–H groups in total. The van der Waals surface area contributed by atoms with Crippen molar-refractivity contribution in [3.05, 3.63) is 95.0 Å². The summed E-state index contributed by atoms with van der Waals surface area (Å²) >= 11 is 6.04. The minimum Gasteiger partial charge on any atom is -0.467 e. The van der Waals surface area contributed by atoms with Crippen molar-refractivity contribution in [1.29, 1.82) is 0 Å². The van der Waals surface area contributed by atoms with Gasteiger partial charge in [-0.1, -0.05) is 36.7 Å². The summed E-state index contributed by atoms with van der Waals surface area (Å²) in [5.74, 6) is 0.000371. The van der Waals surface area contributed by atoms with E-state index in [-0.39, 0.29) is 17.6 Å². The number of carbonyl (C=O) groups excluding carboxylic acids is 2. The molecule has 0 bridgehead atoms. The van der Waals surface area contributed by atoms with Gasteiger partial charge in [0.05, 0.1) is 23.6 Å². The van der Waals surface area contributed by atoms with Gasteiger partial charge in [-0.25, -0.2) is 0 Å². The lowest BCUT2D eigenvalue weighted by Crippen LogP contribution is -2.42. The zero-order chi connectivity index (χ0) is 21.5. The van der Waals surface area contributed by atoms with Crippen molar-refractivity contribution in [1.82, 2.24) is 0 Å². The first-order valence-electron chi connectivity index (χ1n) is 10.3. The van der Waals surface area contributed by atoms with Crippen molar-refractivity contribution < 1.29 is 14.0 Å². The Kier molecular flexibility index (Phi) is 4.91. The maximum atomic E-state index is 13.9. The van der Waals surface area contributed by atoms with Crippen LogP contribution >= 0.6 is 11.6 Å².